The number of nitrogens with zero attached hydrogens (tertiary/aromatic N) is 2. The number of anilines is 1. The van der Waals surface area contributed by atoms with Crippen LogP contribution in [0.2, 0.25) is 0 Å². The summed E-state index contributed by atoms with van der Waals surface area (Å²) >= 11 is 0. The van der Waals surface area contributed by atoms with Crippen molar-refractivity contribution in [3.05, 3.63) is 89.0 Å². The van der Waals surface area contributed by atoms with Crippen molar-refractivity contribution in [1.29, 1.82) is 0 Å². The molecular formula is C24H24N4O4. The minimum Gasteiger partial charge on any atom is -0.496 e. The number of hydrogen-bond acceptors (Lipinski definition) is 6. The van der Waals surface area contributed by atoms with Crippen LogP contribution < -0.4 is 25.6 Å². The van der Waals surface area contributed by atoms with Crippen LogP contribution >= 0.6 is 0 Å². The fourth-order valence-corrected chi connectivity index (χ4v) is 3.49. The van der Waals surface area contributed by atoms with E-state index in [-0.39, 0.29) is 18.4 Å². The highest BCUT2D eigenvalue weighted by atomic mass is 16.5. The van der Waals surface area contributed by atoms with Gasteiger partial charge in [-0.15, -0.1) is 11.1 Å². The molecule has 0 spiro atoms. The highest BCUT2D eigenvalue weighted by Gasteiger charge is 2.29. The van der Waals surface area contributed by atoms with E-state index in [9.17, 15) is 9.59 Å². The summed E-state index contributed by atoms with van der Waals surface area (Å²) in [5.74, 6) is 1.20. The molecule has 164 valence electrons. The van der Waals surface area contributed by atoms with Gasteiger partial charge in [-0.25, -0.2) is 14.8 Å². The van der Waals surface area contributed by atoms with Gasteiger partial charge in [0.25, 0.3) is 0 Å². The molecule has 2 amide bonds. The first-order valence-corrected chi connectivity index (χ1v) is 10.1. The molecule has 3 aromatic rings. The van der Waals surface area contributed by atoms with Crippen LogP contribution in [0.25, 0.3) is 0 Å². The number of urea groups is 1. The molecule has 0 unspecified atom stereocenters. The Hall–Kier alpha value is -3.88. The third-order valence-electron chi connectivity index (χ3n) is 5.22. The number of aryl methyl sites for hydroxylation is 1. The van der Waals surface area contributed by atoms with E-state index in [1.165, 1.54) is 10.0 Å². The van der Waals surface area contributed by atoms with Crippen molar-refractivity contribution in [2.24, 2.45) is 0 Å². The number of carbonyl (C=O) groups is 2. The van der Waals surface area contributed by atoms with Crippen molar-refractivity contribution >= 4 is 17.5 Å². The second-order valence-corrected chi connectivity index (χ2v) is 7.32. The molecule has 1 aliphatic rings. The lowest BCUT2D eigenvalue weighted by Crippen LogP contribution is -2.38. The Balaban J connectivity index is 1.56. The molecule has 8 heteroatoms. The molecule has 4 rings (SSSR count). The summed E-state index contributed by atoms with van der Waals surface area (Å²) in [6.45, 7) is 2.06. The number of hydrogen-bond donors (Lipinski definition) is 2. The van der Waals surface area contributed by atoms with Crippen LogP contribution in [-0.2, 0) is 6.61 Å². The molecular weight excluding hydrogens is 408 g/mol. The van der Waals surface area contributed by atoms with E-state index < -0.39 is 0 Å². The number of benzene rings is 3. The zero-order valence-electron chi connectivity index (χ0n) is 18.1. The number of methoxy groups -OCH3 is 1. The first-order valence-electron chi connectivity index (χ1n) is 10.1. The first kappa shape index (κ1) is 21.4. The number of ketones is 1. The number of nitrogens with one attached hydrogen (secondary N) is 2. The monoisotopic (exact) mass is 432 g/mol. The summed E-state index contributed by atoms with van der Waals surface area (Å²) < 4.78 is 11.6. The van der Waals surface area contributed by atoms with Crippen molar-refractivity contribution in [1.82, 2.24) is 16.1 Å². The van der Waals surface area contributed by atoms with Gasteiger partial charge in [0, 0.05) is 18.2 Å². The summed E-state index contributed by atoms with van der Waals surface area (Å²) in [6.07, 6.45) is 0. The highest BCUT2D eigenvalue weighted by molar-refractivity contribution is 6.09. The van der Waals surface area contributed by atoms with E-state index in [0.29, 0.717) is 33.9 Å². The van der Waals surface area contributed by atoms with Gasteiger partial charge in [0.2, 0.25) is 0 Å². The number of rotatable bonds is 7. The molecule has 0 aromatic heterocycles. The van der Waals surface area contributed by atoms with Crippen molar-refractivity contribution in [2.45, 2.75) is 13.5 Å². The predicted molar refractivity (Wildman–Crippen MR) is 120 cm³/mol. The molecule has 0 saturated carbocycles. The maximum atomic E-state index is 12.7. The van der Waals surface area contributed by atoms with E-state index in [0.717, 1.165) is 5.56 Å². The van der Waals surface area contributed by atoms with Crippen LogP contribution in [0.4, 0.5) is 10.5 Å². The molecule has 2 N–H and O–H groups in total. The first-order chi connectivity index (χ1) is 15.5. The lowest BCUT2D eigenvalue weighted by atomic mass is 10.0. The van der Waals surface area contributed by atoms with Gasteiger partial charge in [-0.2, -0.15) is 0 Å². The molecule has 1 aliphatic heterocycles. The van der Waals surface area contributed by atoms with Crippen LogP contribution in [0.3, 0.4) is 0 Å². The molecule has 1 heterocycles. The van der Waals surface area contributed by atoms with Crippen molar-refractivity contribution in [3.8, 4) is 11.5 Å². The van der Waals surface area contributed by atoms with Gasteiger partial charge in [0.05, 0.1) is 18.4 Å². The third kappa shape index (κ3) is 4.14. The number of amides is 2. The summed E-state index contributed by atoms with van der Waals surface area (Å²) in [7, 11) is 3.19. The predicted octanol–water partition coefficient (Wildman–Crippen LogP) is 3.61. The second kappa shape index (κ2) is 9.09. The Morgan fingerprint density at radius 1 is 0.938 bits per heavy atom. The molecule has 32 heavy (non-hydrogen) atoms. The molecule has 0 atom stereocenters. The van der Waals surface area contributed by atoms with E-state index >= 15 is 0 Å². The number of ether oxygens (including phenoxy) is 2. The zero-order chi connectivity index (χ0) is 22.7. The van der Waals surface area contributed by atoms with Crippen LogP contribution in [0.5, 0.6) is 11.5 Å². The molecule has 8 nitrogen and oxygen atoms in total. The maximum absolute atomic E-state index is 12.7. The van der Waals surface area contributed by atoms with Gasteiger partial charge in [-0.1, -0.05) is 36.4 Å². The topological polar surface area (TPSA) is 83.1 Å². The molecule has 0 bridgehead atoms. The lowest BCUT2D eigenvalue weighted by Gasteiger charge is -2.20. The molecule has 1 fully saturated rings. The standard InChI is InChI=1S/C24H24N4O4/c1-16-14-18(23(29)17-8-5-4-6-9-17)12-13-21(16)32-15-19-20(10-7-11-22(19)31-3)28-24(30)27(2)25-26-28/h4-14,25-26H,15H2,1-3H3. The van der Waals surface area contributed by atoms with Gasteiger partial charge in [0.1, 0.15) is 18.1 Å². The van der Waals surface area contributed by atoms with Crippen LogP contribution in [0.15, 0.2) is 66.7 Å². The Morgan fingerprint density at radius 2 is 1.72 bits per heavy atom. The fraction of sp³-hybridized carbons (Fsp3) is 0.167. The Morgan fingerprint density at radius 3 is 2.38 bits per heavy atom. The van der Waals surface area contributed by atoms with Gasteiger partial charge < -0.3 is 9.47 Å². The highest BCUT2D eigenvalue weighted by Crippen LogP contribution is 2.32. The maximum Gasteiger partial charge on any atom is 0.355 e. The summed E-state index contributed by atoms with van der Waals surface area (Å²) in [6, 6.07) is 19.7. The summed E-state index contributed by atoms with van der Waals surface area (Å²) in [4.78, 5) is 25.1. The quantitative estimate of drug-likeness (QED) is 0.555. The third-order valence-corrected chi connectivity index (χ3v) is 5.22. The molecule has 1 saturated heterocycles. The van der Waals surface area contributed by atoms with E-state index in [2.05, 4.69) is 11.1 Å². The van der Waals surface area contributed by atoms with Gasteiger partial charge in [-0.05, 0) is 42.8 Å². The normalized spacial score (nSPS) is 13.4. The van der Waals surface area contributed by atoms with E-state index in [1.807, 2.05) is 37.3 Å². The minimum absolute atomic E-state index is 0.0393. The molecule has 0 radical (unpaired) electrons. The van der Waals surface area contributed by atoms with Crippen molar-refractivity contribution in [2.75, 3.05) is 19.2 Å². The van der Waals surface area contributed by atoms with E-state index in [4.69, 9.17) is 9.47 Å². The van der Waals surface area contributed by atoms with Crippen molar-refractivity contribution < 1.29 is 19.1 Å². The van der Waals surface area contributed by atoms with Gasteiger partial charge >= 0.3 is 6.03 Å². The largest absolute Gasteiger partial charge is 0.496 e. The Labute approximate surface area is 186 Å². The van der Waals surface area contributed by atoms with E-state index in [1.54, 1.807) is 50.6 Å². The lowest BCUT2D eigenvalue weighted by molar-refractivity contribution is 0.103. The van der Waals surface area contributed by atoms with Crippen LogP contribution in [0.1, 0.15) is 27.0 Å². The summed E-state index contributed by atoms with van der Waals surface area (Å²) in [5, 5.41) is 2.71. The number of carbonyl (C=O) groups excluding carboxylic acids is 2. The second-order valence-electron chi connectivity index (χ2n) is 7.32. The molecule has 0 aliphatic carbocycles. The zero-order valence-corrected chi connectivity index (χ0v) is 18.1. The number of hydrazine groups is 3. The summed E-state index contributed by atoms with van der Waals surface area (Å²) in [5.41, 5.74) is 8.95. The smallest absolute Gasteiger partial charge is 0.355 e. The van der Waals surface area contributed by atoms with Gasteiger partial charge in [-0.3, -0.25) is 4.79 Å². The van der Waals surface area contributed by atoms with Gasteiger partial charge in [0.15, 0.2) is 5.78 Å². The average molecular weight is 432 g/mol. The molecule has 3 aromatic carbocycles. The minimum atomic E-state index is -0.264. The van der Waals surface area contributed by atoms with Crippen LogP contribution in [-0.4, -0.2) is 31.0 Å². The fourth-order valence-electron chi connectivity index (χ4n) is 3.49. The Kier molecular flexibility index (Phi) is 6.07. The average Bonchev–Trinajstić information content (AvgIpc) is 3.16. The Bertz CT molecular complexity index is 1150. The SMILES string of the molecule is COc1cccc(N2NNN(C)C2=O)c1COc1ccc(C(=O)c2ccccc2)cc1C. The van der Waals surface area contributed by atoms with Crippen LogP contribution in [0, 0.1) is 6.92 Å². The van der Waals surface area contributed by atoms with Crippen molar-refractivity contribution in [3.63, 3.8) is 0 Å².